The quantitative estimate of drug-likeness (QED) is 0.817. The smallest absolute Gasteiger partial charge is 0.335 e. The third-order valence-electron chi connectivity index (χ3n) is 2.41. The fraction of sp³-hybridized carbons (Fsp3) is 0.231. The summed E-state index contributed by atoms with van der Waals surface area (Å²) in [6.07, 6.45) is 5.11. The van der Waals surface area contributed by atoms with E-state index in [9.17, 15) is 14.0 Å². The number of benzene rings is 1. The molecule has 0 aliphatic heterocycles. The van der Waals surface area contributed by atoms with E-state index in [1.54, 1.807) is 6.92 Å². The Bertz CT molecular complexity index is 537. The highest BCUT2D eigenvalue weighted by molar-refractivity contribution is 5.91. The van der Waals surface area contributed by atoms with Gasteiger partial charge in [-0.2, -0.15) is 0 Å². The Morgan fingerprint density at radius 1 is 1.53 bits per heavy atom. The predicted octanol–water partition coefficient (Wildman–Crippen LogP) is 2.01. The molecular formula is C13H13FN2O3. The van der Waals surface area contributed by atoms with Crippen molar-refractivity contribution in [3.8, 4) is 12.3 Å². The molecule has 0 saturated heterocycles. The number of amides is 2. The number of hydrogen-bond acceptors (Lipinski definition) is 2. The molecule has 5 nitrogen and oxygen atoms in total. The number of halogens is 1. The molecular weight excluding hydrogens is 251 g/mol. The van der Waals surface area contributed by atoms with E-state index in [1.165, 1.54) is 17.0 Å². The molecule has 2 amide bonds. The van der Waals surface area contributed by atoms with Crippen LogP contribution in [0.4, 0.5) is 14.9 Å². The number of rotatable bonds is 4. The maximum Gasteiger partial charge on any atom is 0.335 e. The van der Waals surface area contributed by atoms with Crippen molar-refractivity contribution in [2.45, 2.75) is 6.92 Å². The molecule has 0 aliphatic carbocycles. The largest absolute Gasteiger partial charge is 0.478 e. The summed E-state index contributed by atoms with van der Waals surface area (Å²) < 4.78 is 13.6. The van der Waals surface area contributed by atoms with Gasteiger partial charge in [0.2, 0.25) is 0 Å². The second-order valence-corrected chi connectivity index (χ2v) is 3.65. The highest BCUT2D eigenvalue weighted by Gasteiger charge is 2.14. The number of urea groups is 1. The fourth-order valence-electron chi connectivity index (χ4n) is 1.38. The standard InChI is InChI=1S/C13H13FN2O3/c1-3-7-16(4-2)13(19)15-11-6-5-9(12(17)18)8-10(11)14/h1,5-6,8H,4,7H2,2H3,(H,15,19)(H,17,18). The molecule has 0 unspecified atom stereocenters. The van der Waals surface area contributed by atoms with Crippen molar-refractivity contribution in [1.82, 2.24) is 4.90 Å². The van der Waals surface area contributed by atoms with E-state index in [1.807, 2.05) is 0 Å². The monoisotopic (exact) mass is 264 g/mol. The number of carbonyl (C=O) groups is 2. The zero-order chi connectivity index (χ0) is 14.4. The lowest BCUT2D eigenvalue weighted by Crippen LogP contribution is -2.35. The van der Waals surface area contributed by atoms with E-state index < -0.39 is 17.8 Å². The Kier molecular flexibility index (Phi) is 4.89. The van der Waals surface area contributed by atoms with Gasteiger partial charge in [-0.05, 0) is 25.1 Å². The molecule has 0 aromatic heterocycles. The summed E-state index contributed by atoms with van der Waals surface area (Å²) in [6.45, 7) is 2.23. The van der Waals surface area contributed by atoms with Crippen LogP contribution >= 0.6 is 0 Å². The lowest BCUT2D eigenvalue weighted by atomic mass is 10.2. The van der Waals surface area contributed by atoms with Gasteiger partial charge >= 0.3 is 12.0 Å². The maximum absolute atomic E-state index is 13.6. The number of carbonyl (C=O) groups excluding carboxylic acids is 1. The molecule has 1 aromatic rings. The molecule has 0 radical (unpaired) electrons. The molecule has 2 N–H and O–H groups in total. The average Bonchev–Trinajstić information content (AvgIpc) is 2.37. The van der Waals surface area contributed by atoms with Crippen LogP contribution < -0.4 is 5.32 Å². The molecule has 0 aliphatic rings. The molecule has 19 heavy (non-hydrogen) atoms. The Labute approximate surface area is 110 Å². The highest BCUT2D eigenvalue weighted by Crippen LogP contribution is 2.16. The van der Waals surface area contributed by atoms with Gasteiger partial charge in [0, 0.05) is 6.54 Å². The summed E-state index contributed by atoms with van der Waals surface area (Å²) in [4.78, 5) is 23.7. The lowest BCUT2D eigenvalue weighted by Gasteiger charge is -2.18. The van der Waals surface area contributed by atoms with Crippen molar-refractivity contribution < 1.29 is 19.1 Å². The molecule has 0 heterocycles. The first kappa shape index (κ1) is 14.5. The van der Waals surface area contributed by atoms with Crippen LogP contribution in [0.15, 0.2) is 18.2 Å². The normalized spacial score (nSPS) is 9.53. The number of nitrogens with zero attached hydrogens (tertiary/aromatic N) is 1. The summed E-state index contributed by atoms with van der Waals surface area (Å²) in [5.74, 6) is 0.266. The number of terminal acetylenes is 1. The van der Waals surface area contributed by atoms with Crippen molar-refractivity contribution in [2.24, 2.45) is 0 Å². The lowest BCUT2D eigenvalue weighted by molar-refractivity contribution is 0.0696. The van der Waals surface area contributed by atoms with Crippen LogP contribution in [-0.4, -0.2) is 35.1 Å². The molecule has 0 bridgehead atoms. The number of carboxylic acid groups (broad SMARTS) is 1. The van der Waals surface area contributed by atoms with Crippen molar-refractivity contribution in [2.75, 3.05) is 18.4 Å². The Balaban J connectivity index is 2.85. The van der Waals surface area contributed by atoms with Gasteiger partial charge in [-0.15, -0.1) is 6.42 Å². The zero-order valence-electron chi connectivity index (χ0n) is 10.3. The molecule has 0 saturated carbocycles. The molecule has 0 atom stereocenters. The van der Waals surface area contributed by atoms with Crippen LogP contribution in [0.25, 0.3) is 0 Å². The van der Waals surface area contributed by atoms with Gasteiger partial charge in [-0.25, -0.2) is 14.0 Å². The van der Waals surface area contributed by atoms with Gasteiger partial charge in [0.05, 0.1) is 17.8 Å². The molecule has 6 heteroatoms. The van der Waals surface area contributed by atoms with Crippen LogP contribution in [0.2, 0.25) is 0 Å². The average molecular weight is 264 g/mol. The minimum atomic E-state index is -1.24. The molecule has 1 aromatic carbocycles. The van der Waals surface area contributed by atoms with E-state index in [-0.39, 0.29) is 17.8 Å². The highest BCUT2D eigenvalue weighted by atomic mass is 19.1. The molecule has 0 spiro atoms. The van der Waals surface area contributed by atoms with Crippen molar-refractivity contribution in [3.05, 3.63) is 29.6 Å². The summed E-state index contributed by atoms with van der Waals surface area (Å²) in [6, 6.07) is 2.70. The number of anilines is 1. The van der Waals surface area contributed by atoms with Gasteiger partial charge in [0.1, 0.15) is 5.82 Å². The Morgan fingerprint density at radius 2 is 2.21 bits per heavy atom. The van der Waals surface area contributed by atoms with Gasteiger partial charge in [0.25, 0.3) is 0 Å². The van der Waals surface area contributed by atoms with Crippen LogP contribution in [0.5, 0.6) is 0 Å². The van der Waals surface area contributed by atoms with Gasteiger partial charge < -0.3 is 15.3 Å². The number of aromatic carboxylic acids is 1. The fourth-order valence-corrected chi connectivity index (χ4v) is 1.38. The zero-order valence-corrected chi connectivity index (χ0v) is 10.3. The van der Waals surface area contributed by atoms with Crippen molar-refractivity contribution >= 4 is 17.7 Å². The topological polar surface area (TPSA) is 69.6 Å². The molecule has 1 rings (SSSR count). The minimum absolute atomic E-state index is 0.0922. The minimum Gasteiger partial charge on any atom is -0.478 e. The first-order chi connectivity index (χ1) is 8.99. The van der Waals surface area contributed by atoms with Crippen LogP contribution in [0, 0.1) is 18.2 Å². The van der Waals surface area contributed by atoms with Gasteiger partial charge in [-0.1, -0.05) is 5.92 Å². The van der Waals surface area contributed by atoms with E-state index in [2.05, 4.69) is 11.2 Å². The summed E-state index contributed by atoms with van der Waals surface area (Å²) in [5.41, 5.74) is -0.281. The third-order valence-corrected chi connectivity index (χ3v) is 2.41. The number of nitrogens with one attached hydrogen (secondary N) is 1. The third kappa shape index (κ3) is 3.71. The van der Waals surface area contributed by atoms with Crippen molar-refractivity contribution in [1.29, 1.82) is 0 Å². The Hall–Kier alpha value is -2.55. The SMILES string of the molecule is C#CCN(CC)C(=O)Nc1ccc(C(=O)O)cc1F. The first-order valence-corrected chi connectivity index (χ1v) is 5.51. The van der Waals surface area contributed by atoms with Gasteiger partial charge in [0.15, 0.2) is 0 Å². The second kappa shape index (κ2) is 6.40. The van der Waals surface area contributed by atoms with E-state index >= 15 is 0 Å². The first-order valence-electron chi connectivity index (χ1n) is 5.51. The molecule has 0 fully saturated rings. The van der Waals surface area contributed by atoms with Crippen LogP contribution in [0.1, 0.15) is 17.3 Å². The van der Waals surface area contributed by atoms with Crippen LogP contribution in [0.3, 0.4) is 0 Å². The van der Waals surface area contributed by atoms with Gasteiger partial charge in [-0.3, -0.25) is 0 Å². The van der Waals surface area contributed by atoms with E-state index in [0.29, 0.717) is 6.54 Å². The Morgan fingerprint density at radius 3 is 2.68 bits per heavy atom. The number of carboxylic acids is 1. The van der Waals surface area contributed by atoms with Crippen LogP contribution in [-0.2, 0) is 0 Å². The number of hydrogen-bond donors (Lipinski definition) is 2. The maximum atomic E-state index is 13.6. The summed E-state index contributed by atoms with van der Waals surface area (Å²) >= 11 is 0. The summed E-state index contributed by atoms with van der Waals surface area (Å²) in [7, 11) is 0. The van der Waals surface area contributed by atoms with E-state index in [0.717, 1.165) is 6.07 Å². The van der Waals surface area contributed by atoms with Crippen molar-refractivity contribution in [3.63, 3.8) is 0 Å². The molecule has 100 valence electrons. The second-order valence-electron chi connectivity index (χ2n) is 3.65. The summed E-state index contributed by atoms with van der Waals surface area (Å²) in [5, 5.41) is 11.0. The predicted molar refractivity (Wildman–Crippen MR) is 68.5 cm³/mol. The van der Waals surface area contributed by atoms with E-state index in [4.69, 9.17) is 11.5 Å².